The van der Waals surface area contributed by atoms with E-state index in [0.29, 0.717) is 18.3 Å². The van der Waals surface area contributed by atoms with Gasteiger partial charge in [-0.15, -0.1) is 0 Å². The van der Waals surface area contributed by atoms with E-state index < -0.39 is 11.6 Å². The Morgan fingerprint density at radius 1 is 1.41 bits per heavy atom. The lowest BCUT2D eigenvalue weighted by atomic mass is 10.2. The SMILES string of the molecule is CN1CCNC(CNc2ccc(F)c(F)c2)C1. The van der Waals surface area contributed by atoms with Gasteiger partial charge in [-0.25, -0.2) is 8.78 Å². The van der Waals surface area contributed by atoms with Crippen LogP contribution < -0.4 is 10.6 Å². The molecule has 1 saturated heterocycles. The minimum Gasteiger partial charge on any atom is -0.383 e. The van der Waals surface area contributed by atoms with E-state index in [1.54, 1.807) is 6.07 Å². The van der Waals surface area contributed by atoms with Gasteiger partial charge in [-0.1, -0.05) is 0 Å². The summed E-state index contributed by atoms with van der Waals surface area (Å²) in [4.78, 5) is 2.24. The van der Waals surface area contributed by atoms with Crippen molar-refractivity contribution in [3.8, 4) is 0 Å². The molecular weight excluding hydrogens is 224 g/mol. The predicted molar refractivity (Wildman–Crippen MR) is 64.1 cm³/mol. The van der Waals surface area contributed by atoms with Crippen LogP contribution in [-0.2, 0) is 0 Å². The average Bonchev–Trinajstić information content (AvgIpc) is 2.31. The summed E-state index contributed by atoms with van der Waals surface area (Å²) in [5.74, 6) is -1.63. The summed E-state index contributed by atoms with van der Waals surface area (Å²) in [6, 6.07) is 4.20. The molecule has 1 aliphatic heterocycles. The largest absolute Gasteiger partial charge is 0.383 e. The number of likely N-dealkylation sites (N-methyl/N-ethyl adjacent to an activating group) is 1. The first kappa shape index (κ1) is 12.3. The van der Waals surface area contributed by atoms with Crippen LogP contribution in [-0.4, -0.2) is 44.2 Å². The zero-order valence-corrected chi connectivity index (χ0v) is 9.84. The van der Waals surface area contributed by atoms with E-state index in [1.165, 1.54) is 6.07 Å². The number of hydrogen-bond acceptors (Lipinski definition) is 3. The molecule has 1 fully saturated rings. The minimum atomic E-state index is -0.816. The molecule has 1 aromatic rings. The molecule has 0 amide bonds. The molecule has 3 nitrogen and oxygen atoms in total. The van der Waals surface area contributed by atoms with Crippen molar-refractivity contribution in [3.05, 3.63) is 29.8 Å². The second-order valence-electron chi connectivity index (χ2n) is 4.42. The summed E-state index contributed by atoms with van der Waals surface area (Å²) in [7, 11) is 2.07. The van der Waals surface area contributed by atoms with Gasteiger partial charge in [-0.05, 0) is 25.2 Å². The van der Waals surface area contributed by atoms with Crippen LogP contribution in [0.25, 0.3) is 0 Å². The smallest absolute Gasteiger partial charge is 0.160 e. The number of nitrogens with zero attached hydrogens (tertiary/aromatic N) is 1. The van der Waals surface area contributed by atoms with Gasteiger partial charge in [0.1, 0.15) is 0 Å². The lowest BCUT2D eigenvalue weighted by Crippen LogP contribution is -2.51. The molecular formula is C12H17F2N3. The summed E-state index contributed by atoms with van der Waals surface area (Å²) < 4.78 is 25.7. The molecule has 1 unspecified atom stereocenters. The molecule has 2 rings (SSSR count). The van der Waals surface area contributed by atoms with E-state index in [0.717, 1.165) is 25.7 Å². The third kappa shape index (κ3) is 3.38. The highest BCUT2D eigenvalue weighted by atomic mass is 19.2. The number of hydrogen-bond donors (Lipinski definition) is 2. The van der Waals surface area contributed by atoms with Crippen molar-refractivity contribution in [2.24, 2.45) is 0 Å². The fraction of sp³-hybridized carbons (Fsp3) is 0.500. The zero-order chi connectivity index (χ0) is 12.3. The summed E-state index contributed by atoms with van der Waals surface area (Å²) in [5.41, 5.74) is 0.610. The third-order valence-electron chi connectivity index (χ3n) is 2.93. The molecule has 2 N–H and O–H groups in total. The standard InChI is InChI=1S/C12H17F2N3/c1-17-5-4-15-10(8-17)7-16-9-2-3-11(13)12(14)6-9/h2-3,6,10,15-16H,4-5,7-8H2,1H3. The van der Waals surface area contributed by atoms with Gasteiger partial charge in [0.15, 0.2) is 11.6 Å². The Bertz CT molecular complexity index is 384. The summed E-state index contributed by atoms with van der Waals surface area (Å²) in [6.45, 7) is 3.66. The number of benzene rings is 1. The van der Waals surface area contributed by atoms with Crippen LogP contribution in [0.2, 0.25) is 0 Å². The van der Waals surface area contributed by atoms with Gasteiger partial charge in [-0.2, -0.15) is 0 Å². The highest BCUT2D eigenvalue weighted by Gasteiger charge is 2.15. The number of halogens is 2. The highest BCUT2D eigenvalue weighted by molar-refractivity contribution is 5.43. The Hall–Kier alpha value is -1.20. The van der Waals surface area contributed by atoms with Crippen molar-refractivity contribution in [1.82, 2.24) is 10.2 Å². The van der Waals surface area contributed by atoms with Crippen molar-refractivity contribution in [2.75, 3.05) is 38.5 Å². The van der Waals surface area contributed by atoms with Crippen LogP contribution in [0.1, 0.15) is 0 Å². The first-order valence-corrected chi connectivity index (χ1v) is 5.76. The lowest BCUT2D eigenvalue weighted by Gasteiger charge is -2.31. The van der Waals surface area contributed by atoms with Gasteiger partial charge < -0.3 is 15.5 Å². The van der Waals surface area contributed by atoms with Crippen molar-refractivity contribution in [1.29, 1.82) is 0 Å². The molecule has 5 heteroatoms. The van der Waals surface area contributed by atoms with E-state index >= 15 is 0 Å². The van der Waals surface area contributed by atoms with Crippen molar-refractivity contribution >= 4 is 5.69 Å². The first-order valence-electron chi connectivity index (χ1n) is 5.76. The van der Waals surface area contributed by atoms with Gasteiger partial charge in [-0.3, -0.25) is 0 Å². The van der Waals surface area contributed by atoms with Crippen LogP contribution in [0, 0.1) is 11.6 Å². The maximum absolute atomic E-state index is 13.0. The quantitative estimate of drug-likeness (QED) is 0.835. The van der Waals surface area contributed by atoms with Gasteiger partial charge >= 0.3 is 0 Å². The van der Waals surface area contributed by atoms with E-state index in [1.807, 2.05) is 0 Å². The molecule has 0 aliphatic carbocycles. The molecule has 1 heterocycles. The Morgan fingerprint density at radius 2 is 2.24 bits per heavy atom. The summed E-state index contributed by atoms with van der Waals surface area (Å²) in [6.07, 6.45) is 0. The van der Waals surface area contributed by atoms with E-state index in [2.05, 4.69) is 22.6 Å². The topological polar surface area (TPSA) is 27.3 Å². The minimum absolute atomic E-state index is 0.335. The predicted octanol–water partition coefficient (Wildman–Crippen LogP) is 1.28. The number of piperazine rings is 1. The number of nitrogens with one attached hydrogen (secondary N) is 2. The van der Waals surface area contributed by atoms with E-state index in [4.69, 9.17) is 0 Å². The maximum Gasteiger partial charge on any atom is 0.160 e. The summed E-state index contributed by atoms with van der Waals surface area (Å²) >= 11 is 0. The Balaban J connectivity index is 1.86. The van der Waals surface area contributed by atoms with Crippen LogP contribution in [0.15, 0.2) is 18.2 Å². The van der Waals surface area contributed by atoms with Crippen molar-refractivity contribution in [2.45, 2.75) is 6.04 Å². The molecule has 1 atom stereocenters. The number of rotatable bonds is 3. The Morgan fingerprint density at radius 3 is 2.94 bits per heavy atom. The molecule has 17 heavy (non-hydrogen) atoms. The van der Waals surface area contributed by atoms with Crippen LogP contribution in [0.3, 0.4) is 0 Å². The van der Waals surface area contributed by atoms with Gasteiger partial charge in [0.2, 0.25) is 0 Å². The Kier molecular flexibility index (Phi) is 3.91. The molecule has 0 spiro atoms. The molecule has 0 aromatic heterocycles. The second kappa shape index (κ2) is 5.42. The van der Waals surface area contributed by atoms with Crippen LogP contribution in [0.5, 0.6) is 0 Å². The van der Waals surface area contributed by atoms with Crippen LogP contribution in [0.4, 0.5) is 14.5 Å². The molecule has 0 radical (unpaired) electrons. The molecule has 94 valence electrons. The maximum atomic E-state index is 13.0. The van der Waals surface area contributed by atoms with Gasteiger partial charge in [0.05, 0.1) is 0 Å². The molecule has 0 saturated carbocycles. The van der Waals surface area contributed by atoms with Gasteiger partial charge in [0, 0.05) is 37.9 Å². The van der Waals surface area contributed by atoms with Gasteiger partial charge in [0.25, 0.3) is 0 Å². The second-order valence-corrected chi connectivity index (χ2v) is 4.42. The molecule has 0 bridgehead atoms. The molecule has 1 aliphatic rings. The fourth-order valence-electron chi connectivity index (χ4n) is 1.98. The Labute approximate surface area is 99.8 Å². The van der Waals surface area contributed by atoms with E-state index in [9.17, 15) is 8.78 Å². The van der Waals surface area contributed by atoms with Crippen molar-refractivity contribution < 1.29 is 8.78 Å². The average molecular weight is 241 g/mol. The van der Waals surface area contributed by atoms with Crippen LogP contribution >= 0.6 is 0 Å². The van der Waals surface area contributed by atoms with E-state index in [-0.39, 0.29) is 0 Å². The third-order valence-corrected chi connectivity index (χ3v) is 2.93. The lowest BCUT2D eigenvalue weighted by molar-refractivity contribution is 0.244. The van der Waals surface area contributed by atoms with Crippen molar-refractivity contribution in [3.63, 3.8) is 0 Å². The first-order chi connectivity index (χ1) is 8.15. The fourth-order valence-corrected chi connectivity index (χ4v) is 1.98. The highest BCUT2D eigenvalue weighted by Crippen LogP contribution is 2.13. The zero-order valence-electron chi connectivity index (χ0n) is 9.84. The summed E-state index contributed by atoms with van der Waals surface area (Å²) in [5, 5.41) is 6.48. The number of anilines is 1. The molecule has 1 aromatic carbocycles. The monoisotopic (exact) mass is 241 g/mol. The normalized spacial score (nSPS) is 21.5.